The van der Waals surface area contributed by atoms with Gasteiger partial charge in [0.05, 0.1) is 6.04 Å². The van der Waals surface area contributed by atoms with Crippen molar-refractivity contribution in [3.8, 4) is 5.75 Å². The molecule has 3 rings (SSSR count). The number of rotatable bonds is 7. The summed E-state index contributed by atoms with van der Waals surface area (Å²) in [6.07, 6.45) is 0.540. The van der Waals surface area contributed by atoms with Crippen LogP contribution >= 0.6 is 0 Å². The molecule has 2 aromatic carbocycles. The van der Waals surface area contributed by atoms with Crippen LogP contribution in [0.15, 0.2) is 42.5 Å². The van der Waals surface area contributed by atoms with Crippen molar-refractivity contribution in [2.24, 2.45) is 5.92 Å². The quantitative estimate of drug-likeness (QED) is 0.683. The van der Waals surface area contributed by atoms with Crippen molar-refractivity contribution in [1.82, 2.24) is 10.2 Å². The van der Waals surface area contributed by atoms with Crippen LogP contribution in [-0.4, -0.2) is 35.4 Å². The number of ether oxygens (including phenoxy) is 1. The summed E-state index contributed by atoms with van der Waals surface area (Å²) < 4.78 is 19.5. The van der Waals surface area contributed by atoms with Crippen molar-refractivity contribution in [1.29, 1.82) is 0 Å². The molecule has 6 heteroatoms. The second-order valence-electron chi connectivity index (χ2n) is 9.17. The van der Waals surface area contributed by atoms with Gasteiger partial charge in [0.25, 0.3) is 5.91 Å². The van der Waals surface area contributed by atoms with Crippen LogP contribution in [0, 0.1) is 11.7 Å². The number of hydrogen-bond acceptors (Lipinski definition) is 3. The van der Waals surface area contributed by atoms with E-state index in [2.05, 4.69) is 5.32 Å². The topological polar surface area (TPSA) is 58.6 Å². The fourth-order valence-corrected chi connectivity index (χ4v) is 4.07. The summed E-state index contributed by atoms with van der Waals surface area (Å²) in [6, 6.07) is 11.8. The molecule has 0 saturated heterocycles. The van der Waals surface area contributed by atoms with Gasteiger partial charge >= 0.3 is 0 Å². The van der Waals surface area contributed by atoms with Crippen LogP contribution in [0.3, 0.4) is 0 Å². The number of carbonyl (C=O) groups is 2. The van der Waals surface area contributed by atoms with Gasteiger partial charge in [-0.2, -0.15) is 0 Å². The largest absolute Gasteiger partial charge is 0.481 e. The first kappa shape index (κ1) is 23.8. The van der Waals surface area contributed by atoms with Gasteiger partial charge in [-0.1, -0.05) is 32.0 Å². The van der Waals surface area contributed by atoms with E-state index in [1.807, 2.05) is 50.8 Å². The number of hydrogen-bond donors (Lipinski definition) is 1. The molecule has 2 atom stereocenters. The molecule has 32 heavy (non-hydrogen) atoms. The monoisotopic (exact) mass is 440 g/mol. The average Bonchev–Trinajstić information content (AvgIpc) is 2.72. The SMILES string of the molecule is CC(C)CC(=O)N1CCc2ccc(O[C@@H](C)C(=O)NC(C)C)cc2[C@@H]1c1ccc(F)cc1. The number of carbonyl (C=O) groups excluding carboxylic acids is 2. The number of fused-ring (bicyclic) bond motifs is 1. The van der Waals surface area contributed by atoms with E-state index in [4.69, 9.17) is 4.74 Å². The van der Waals surface area contributed by atoms with Crippen LogP contribution in [0.1, 0.15) is 63.8 Å². The van der Waals surface area contributed by atoms with E-state index in [0.717, 1.165) is 23.1 Å². The summed E-state index contributed by atoms with van der Waals surface area (Å²) in [6.45, 7) is 10.2. The van der Waals surface area contributed by atoms with Gasteiger partial charge < -0.3 is 15.0 Å². The minimum atomic E-state index is -0.651. The zero-order valence-corrected chi connectivity index (χ0v) is 19.5. The number of nitrogens with zero attached hydrogens (tertiary/aromatic N) is 1. The van der Waals surface area contributed by atoms with Gasteiger partial charge in [0.1, 0.15) is 11.6 Å². The fraction of sp³-hybridized carbons (Fsp3) is 0.462. The van der Waals surface area contributed by atoms with Gasteiger partial charge in [-0.3, -0.25) is 9.59 Å². The number of benzene rings is 2. The molecule has 0 unspecified atom stereocenters. The maximum absolute atomic E-state index is 13.6. The number of nitrogens with one attached hydrogen (secondary N) is 1. The van der Waals surface area contributed by atoms with E-state index in [0.29, 0.717) is 18.7 Å². The van der Waals surface area contributed by atoms with Crippen molar-refractivity contribution in [3.63, 3.8) is 0 Å². The third kappa shape index (κ3) is 5.67. The Morgan fingerprint density at radius 1 is 1.09 bits per heavy atom. The second kappa shape index (κ2) is 10.2. The van der Waals surface area contributed by atoms with Gasteiger partial charge in [0.2, 0.25) is 5.91 Å². The summed E-state index contributed by atoms with van der Waals surface area (Å²) in [4.78, 5) is 27.3. The van der Waals surface area contributed by atoms with Gasteiger partial charge in [-0.15, -0.1) is 0 Å². The van der Waals surface area contributed by atoms with E-state index in [1.165, 1.54) is 12.1 Å². The maximum Gasteiger partial charge on any atom is 0.260 e. The Morgan fingerprint density at radius 2 is 1.78 bits per heavy atom. The number of halogens is 1. The zero-order valence-electron chi connectivity index (χ0n) is 19.5. The average molecular weight is 441 g/mol. The molecule has 0 aromatic heterocycles. The van der Waals surface area contributed by atoms with Gasteiger partial charge in [0, 0.05) is 19.0 Å². The van der Waals surface area contributed by atoms with Crippen molar-refractivity contribution >= 4 is 11.8 Å². The van der Waals surface area contributed by atoms with Gasteiger partial charge in [-0.25, -0.2) is 4.39 Å². The highest BCUT2D eigenvalue weighted by molar-refractivity contribution is 5.81. The van der Waals surface area contributed by atoms with E-state index in [9.17, 15) is 14.0 Å². The summed E-state index contributed by atoms with van der Waals surface area (Å²) in [5.41, 5.74) is 2.93. The third-order valence-corrected chi connectivity index (χ3v) is 5.55. The fourth-order valence-electron chi connectivity index (χ4n) is 4.07. The lowest BCUT2D eigenvalue weighted by molar-refractivity contribution is -0.134. The van der Waals surface area contributed by atoms with E-state index >= 15 is 0 Å². The Kier molecular flexibility index (Phi) is 7.54. The summed E-state index contributed by atoms with van der Waals surface area (Å²) in [5.74, 6) is 0.401. The van der Waals surface area contributed by atoms with Crippen LogP contribution < -0.4 is 10.1 Å². The highest BCUT2D eigenvalue weighted by atomic mass is 19.1. The minimum Gasteiger partial charge on any atom is -0.481 e. The Hall–Kier alpha value is -2.89. The molecule has 5 nitrogen and oxygen atoms in total. The Morgan fingerprint density at radius 3 is 2.41 bits per heavy atom. The molecule has 0 saturated carbocycles. The number of amides is 2. The molecule has 1 aliphatic rings. The predicted molar refractivity (Wildman–Crippen MR) is 123 cm³/mol. The molecule has 1 N–H and O–H groups in total. The summed E-state index contributed by atoms with van der Waals surface area (Å²) in [7, 11) is 0. The Balaban J connectivity index is 1.96. The van der Waals surface area contributed by atoms with Crippen molar-refractivity contribution in [3.05, 3.63) is 65.0 Å². The predicted octanol–water partition coefficient (Wildman–Crippen LogP) is 4.64. The van der Waals surface area contributed by atoms with Gasteiger partial charge in [0.15, 0.2) is 6.10 Å². The smallest absolute Gasteiger partial charge is 0.260 e. The van der Waals surface area contributed by atoms with Crippen LogP contribution in [0.4, 0.5) is 4.39 Å². The first-order valence-electron chi connectivity index (χ1n) is 11.3. The highest BCUT2D eigenvalue weighted by Crippen LogP contribution is 2.38. The molecule has 1 aliphatic heterocycles. The molecule has 2 aromatic rings. The first-order valence-corrected chi connectivity index (χ1v) is 11.3. The summed E-state index contributed by atoms with van der Waals surface area (Å²) >= 11 is 0. The van der Waals surface area contributed by atoms with E-state index in [1.54, 1.807) is 19.1 Å². The molecule has 0 aliphatic carbocycles. The van der Waals surface area contributed by atoms with Crippen LogP contribution in [0.2, 0.25) is 0 Å². The van der Waals surface area contributed by atoms with Crippen molar-refractivity contribution < 1.29 is 18.7 Å². The molecule has 0 spiro atoms. The highest BCUT2D eigenvalue weighted by Gasteiger charge is 2.32. The lowest BCUT2D eigenvalue weighted by atomic mass is 9.87. The Labute approximate surface area is 190 Å². The summed E-state index contributed by atoms with van der Waals surface area (Å²) in [5, 5.41) is 2.85. The first-order chi connectivity index (χ1) is 15.2. The zero-order chi connectivity index (χ0) is 23.4. The molecule has 0 fully saturated rings. The second-order valence-corrected chi connectivity index (χ2v) is 9.17. The molecule has 0 radical (unpaired) electrons. The molecular weight excluding hydrogens is 407 g/mol. The maximum atomic E-state index is 13.6. The molecule has 172 valence electrons. The Bertz CT molecular complexity index is 956. The lowest BCUT2D eigenvalue weighted by Gasteiger charge is -2.38. The molecule has 2 amide bonds. The van der Waals surface area contributed by atoms with Crippen LogP contribution in [-0.2, 0) is 16.0 Å². The standard InChI is InChI=1S/C26H33FN2O3/c1-16(2)14-24(30)29-13-12-19-8-11-22(32-18(5)26(31)28-17(3)4)15-23(19)25(29)20-6-9-21(27)10-7-20/h6-11,15-18,25H,12-14H2,1-5H3,(H,28,31)/t18-,25-/m0/s1. The minimum absolute atomic E-state index is 0.0282. The lowest BCUT2D eigenvalue weighted by Crippen LogP contribution is -2.41. The molecule has 0 bridgehead atoms. The van der Waals surface area contributed by atoms with E-state index < -0.39 is 6.10 Å². The molecule has 1 heterocycles. The van der Waals surface area contributed by atoms with Crippen LogP contribution in [0.25, 0.3) is 0 Å². The van der Waals surface area contributed by atoms with Gasteiger partial charge in [-0.05, 0) is 74.1 Å². The third-order valence-electron chi connectivity index (χ3n) is 5.55. The van der Waals surface area contributed by atoms with Crippen molar-refractivity contribution in [2.45, 2.75) is 65.6 Å². The van der Waals surface area contributed by atoms with Crippen LogP contribution in [0.5, 0.6) is 5.75 Å². The van der Waals surface area contributed by atoms with Crippen molar-refractivity contribution in [2.75, 3.05) is 6.54 Å². The molecular formula is C26H33FN2O3. The van der Waals surface area contributed by atoms with E-state index in [-0.39, 0.29) is 35.6 Å². The normalized spacial score (nSPS) is 16.6.